The van der Waals surface area contributed by atoms with E-state index in [1.54, 1.807) is 6.07 Å². The molecule has 7 heteroatoms. The van der Waals surface area contributed by atoms with Gasteiger partial charge in [-0.15, -0.1) is 0 Å². The summed E-state index contributed by atoms with van der Waals surface area (Å²) in [4.78, 5) is 21.6. The van der Waals surface area contributed by atoms with E-state index >= 15 is 0 Å². The number of hydrogen-bond acceptors (Lipinski definition) is 5. The Morgan fingerprint density at radius 3 is 2.47 bits per heavy atom. The summed E-state index contributed by atoms with van der Waals surface area (Å²) in [5, 5.41) is 13.7. The smallest absolute Gasteiger partial charge is 0.275 e. The van der Waals surface area contributed by atoms with Gasteiger partial charge < -0.3 is 15.8 Å². The van der Waals surface area contributed by atoms with Crippen molar-refractivity contribution >= 4 is 17.3 Å². The molecule has 0 saturated heterocycles. The summed E-state index contributed by atoms with van der Waals surface area (Å²) in [7, 11) is 1.41. The highest BCUT2D eigenvalue weighted by atomic mass is 16.6. The predicted molar refractivity (Wildman–Crippen MR) is 71.1 cm³/mol. The van der Waals surface area contributed by atoms with E-state index in [0.29, 0.717) is 11.4 Å². The third kappa shape index (κ3) is 3.84. The minimum atomic E-state index is -0.605. The molecule has 0 aliphatic rings. The van der Waals surface area contributed by atoms with Gasteiger partial charge in [0.15, 0.2) is 0 Å². The van der Waals surface area contributed by atoms with E-state index in [1.807, 2.05) is 13.8 Å². The van der Waals surface area contributed by atoms with E-state index in [-0.39, 0.29) is 11.6 Å². The number of anilines is 1. The van der Waals surface area contributed by atoms with Gasteiger partial charge in [0.05, 0.1) is 18.1 Å². The largest absolute Gasteiger partial charge is 0.496 e. The number of nitrogens with zero attached hydrogens (tertiary/aromatic N) is 1. The zero-order valence-electron chi connectivity index (χ0n) is 11.0. The second kappa shape index (κ2) is 6.03. The van der Waals surface area contributed by atoms with Crippen LogP contribution in [0.15, 0.2) is 18.2 Å². The molecule has 1 rings (SSSR count). The lowest BCUT2D eigenvalue weighted by molar-refractivity contribution is -0.384. The van der Waals surface area contributed by atoms with E-state index < -0.39 is 16.9 Å². The number of carbonyl (C=O) groups is 1. The second-order valence-electron chi connectivity index (χ2n) is 4.45. The zero-order chi connectivity index (χ0) is 14.6. The fourth-order valence-electron chi connectivity index (χ4n) is 1.64. The van der Waals surface area contributed by atoms with Crippen molar-refractivity contribution in [3.05, 3.63) is 28.3 Å². The lowest BCUT2D eigenvalue weighted by atomic mass is 10.0. The molecule has 104 valence electrons. The number of ether oxygens (including phenoxy) is 1. The van der Waals surface area contributed by atoms with Crippen molar-refractivity contribution in [2.45, 2.75) is 19.9 Å². The molecule has 3 N–H and O–H groups in total. The standard InChI is InChI=1S/C12H17N3O4/c1-7(2)11(12(13)16)14-8-4-9(15(17)18)6-10(5-8)19-3/h4-7,11,14H,1-3H3,(H2,13,16). The number of primary amides is 1. The van der Waals surface area contributed by atoms with Crippen LogP contribution in [0.4, 0.5) is 11.4 Å². The normalized spacial score (nSPS) is 12.0. The molecule has 0 spiro atoms. The Morgan fingerprint density at radius 2 is 2.05 bits per heavy atom. The first-order valence-electron chi connectivity index (χ1n) is 5.74. The third-order valence-electron chi connectivity index (χ3n) is 2.63. The number of amides is 1. The van der Waals surface area contributed by atoms with Crippen molar-refractivity contribution in [2.75, 3.05) is 12.4 Å². The lowest BCUT2D eigenvalue weighted by Crippen LogP contribution is -2.39. The van der Waals surface area contributed by atoms with Gasteiger partial charge in [-0.05, 0) is 5.92 Å². The third-order valence-corrected chi connectivity index (χ3v) is 2.63. The summed E-state index contributed by atoms with van der Waals surface area (Å²) in [5.41, 5.74) is 5.59. The van der Waals surface area contributed by atoms with Crippen molar-refractivity contribution < 1.29 is 14.5 Å². The van der Waals surface area contributed by atoms with Crippen LogP contribution in [-0.4, -0.2) is 24.0 Å². The average Bonchev–Trinajstić information content (AvgIpc) is 2.34. The van der Waals surface area contributed by atoms with E-state index in [9.17, 15) is 14.9 Å². The van der Waals surface area contributed by atoms with E-state index in [4.69, 9.17) is 10.5 Å². The molecular formula is C12H17N3O4. The minimum absolute atomic E-state index is 0.0391. The summed E-state index contributed by atoms with van der Waals surface area (Å²) in [6.45, 7) is 3.66. The quantitative estimate of drug-likeness (QED) is 0.600. The highest BCUT2D eigenvalue weighted by Crippen LogP contribution is 2.26. The van der Waals surface area contributed by atoms with Gasteiger partial charge >= 0.3 is 0 Å². The molecule has 0 aromatic heterocycles. The van der Waals surface area contributed by atoms with Gasteiger partial charge in [-0.3, -0.25) is 14.9 Å². The summed E-state index contributed by atoms with van der Waals surface area (Å²) >= 11 is 0. The number of rotatable bonds is 6. The number of nitro benzene ring substituents is 1. The molecule has 0 radical (unpaired) electrons. The molecule has 0 saturated carbocycles. The molecule has 7 nitrogen and oxygen atoms in total. The van der Waals surface area contributed by atoms with Crippen molar-refractivity contribution in [1.82, 2.24) is 0 Å². The summed E-state index contributed by atoms with van der Waals surface area (Å²) in [6, 6.07) is 3.61. The Balaban J connectivity index is 3.08. The molecule has 0 bridgehead atoms. The first-order chi connectivity index (χ1) is 8.85. The molecule has 19 heavy (non-hydrogen) atoms. The van der Waals surface area contributed by atoms with Crippen LogP contribution in [0.25, 0.3) is 0 Å². The molecule has 0 aliphatic carbocycles. The first kappa shape index (κ1) is 14.7. The number of carbonyl (C=O) groups excluding carboxylic acids is 1. The van der Waals surface area contributed by atoms with Crippen LogP contribution < -0.4 is 15.8 Å². The molecule has 0 heterocycles. The average molecular weight is 267 g/mol. The Labute approximate surface area is 110 Å². The second-order valence-corrected chi connectivity index (χ2v) is 4.45. The predicted octanol–water partition coefficient (Wildman–Crippen LogP) is 1.53. The van der Waals surface area contributed by atoms with E-state index in [0.717, 1.165) is 0 Å². The molecule has 1 atom stereocenters. The Kier molecular flexibility index (Phi) is 4.68. The number of hydrogen-bond donors (Lipinski definition) is 2. The fraction of sp³-hybridized carbons (Fsp3) is 0.417. The SMILES string of the molecule is COc1cc(NC(C(N)=O)C(C)C)cc([N+](=O)[O-])c1. The summed E-state index contributed by atoms with van der Waals surface area (Å²) in [6.07, 6.45) is 0. The molecular weight excluding hydrogens is 250 g/mol. The first-order valence-corrected chi connectivity index (χ1v) is 5.74. The van der Waals surface area contributed by atoms with Crippen LogP contribution in [0.1, 0.15) is 13.8 Å². The Bertz CT molecular complexity index is 488. The van der Waals surface area contributed by atoms with E-state index in [1.165, 1.54) is 19.2 Å². The van der Waals surface area contributed by atoms with Crippen LogP contribution in [0.5, 0.6) is 5.75 Å². The van der Waals surface area contributed by atoms with Gasteiger partial charge in [-0.1, -0.05) is 13.8 Å². The molecule has 1 unspecified atom stereocenters. The maximum absolute atomic E-state index is 11.3. The maximum atomic E-state index is 11.3. The van der Waals surface area contributed by atoms with Crippen LogP contribution >= 0.6 is 0 Å². The van der Waals surface area contributed by atoms with Gasteiger partial charge in [0.1, 0.15) is 11.8 Å². The maximum Gasteiger partial charge on any atom is 0.275 e. The number of benzene rings is 1. The van der Waals surface area contributed by atoms with E-state index in [2.05, 4.69) is 5.32 Å². The van der Waals surface area contributed by atoms with Crippen LogP contribution in [0, 0.1) is 16.0 Å². The summed E-state index contributed by atoms with van der Waals surface area (Å²) in [5.74, 6) is -0.216. The van der Waals surface area contributed by atoms with Gasteiger partial charge in [-0.25, -0.2) is 0 Å². The number of non-ortho nitro benzene ring substituents is 1. The molecule has 1 amide bonds. The van der Waals surface area contributed by atoms with Crippen LogP contribution in [-0.2, 0) is 4.79 Å². The topological polar surface area (TPSA) is 107 Å². The van der Waals surface area contributed by atoms with Gasteiger partial charge in [-0.2, -0.15) is 0 Å². The molecule has 0 fully saturated rings. The van der Waals surface area contributed by atoms with Gasteiger partial charge in [0.25, 0.3) is 5.69 Å². The molecule has 1 aromatic rings. The van der Waals surface area contributed by atoms with Crippen LogP contribution in [0.2, 0.25) is 0 Å². The summed E-state index contributed by atoms with van der Waals surface area (Å²) < 4.78 is 4.99. The van der Waals surface area contributed by atoms with Crippen LogP contribution in [0.3, 0.4) is 0 Å². The molecule has 0 aliphatic heterocycles. The van der Waals surface area contributed by atoms with Crippen molar-refractivity contribution in [3.63, 3.8) is 0 Å². The fourth-order valence-corrected chi connectivity index (χ4v) is 1.64. The van der Waals surface area contributed by atoms with Crippen molar-refractivity contribution in [1.29, 1.82) is 0 Å². The highest BCUT2D eigenvalue weighted by Gasteiger charge is 2.20. The highest BCUT2D eigenvalue weighted by molar-refractivity contribution is 5.83. The Hall–Kier alpha value is -2.31. The lowest BCUT2D eigenvalue weighted by Gasteiger charge is -2.20. The zero-order valence-corrected chi connectivity index (χ0v) is 11.0. The number of methoxy groups -OCH3 is 1. The number of nitro groups is 1. The molecule has 1 aromatic carbocycles. The van der Waals surface area contributed by atoms with Gasteiger partial charge in [0, 0.05) is 17.8 Å². The minimum Gasteiger partial charge on any atom is -0.496 e. The monoisotopic (exact) mass is 267 g/mol. The van der Waals surface area contributed by atoms with Crippen molar-refractivity contribution in [2.24, 2.45) is 11.7 Å². The van der Waals surface area contributed by atoms with Gasteiger partial charge in [0.2, 0.25) is 5.91 Å². The number of nitrogens with two attached hydrogens (primary N) is 1. The van der Waals surface area contributed by atoms with Crippen molar-refractivity contribution in [3.8, 4) is 5.75 Å². The Morgan fingerprint density at radius 1 is 1.42 bits per heavy atom. The number of nitrogens with one attached hydrogen (secondary N) is 1.